The average molecular weight is 270 g/mol. The second-order valence-electron chi connectivity index (χ2n) is 7.62. The summed E-state index contributed by atoms with van der Waals surface area (Å²) in [4.78, 5) is 24.2. The first kappa shape index (κ1) is 16.2. The zero-order valence-electron chi connectivity index (χ0n) is 13.3. The van der Waals surface area contributed by atoms with Gasteiger partial charge in [-0.3, -0.25) is 9.59 Å². The summed E-state index contributed by atoms with van der Waals surface area (Å²) in [5.41, 5.74) is -1.40. The molecule has 4 heteroatoms. The molecule has 0 N–H and O–H groups in total. The van der Waals surface area contributed by atoms with Crippen molar-refractivity contribution in [3.63, 3.8) is 0 Å². The lowest BCUT2D eigenvalue weighted by molar-refractivity contribution is -0.166. The third-order valence-electron chi connectivity index (χ3n) is 4.48. The van der Waals surface area contributed by atoms with Crippen molar-refractivity contribution in [2.24, 2.45) is 22.7 Å². The Hall–Kier alpha value is -0.900. The molecule has 1 rings (SSSR count). The van der Waals surface area contributed by atoms with Crippen molar-refractivity contribution in [2.45, 2.75) is 54.1 Å². The summed E-state index contributed by atoms with van der Waals surface area (Å²) in [6.07, 6.45) is 0. The van der Waals surface area contributed by atoms with Crippen LogP contribution >= 0.6 is 0 Å². The number of hydrogen-bond donors (Lipinski definition) is 0. The molecule has 1 saturated heterocycles. The van der Waals surface area contributed by atoms with Gasteiger partial charge in [-0.15, -0.1) is 0 Å². The molecule has 3 unspecified atom stereocenters. The molecule has 1 heterocycles. The number of carbonyl (C=O) groups excluding carboxylic acids is 2. The van der Waals surface area contributed by atoms with Crippen LogP contribution in [0.15, 0.2) is 0 Å². The molecule has 0 aromatic heterocycles. The Morgan fingerprint density at radius 1 is 0.895 bits per heavy atom. The van der Waals surface area contributed by atoms with Gasteiger partial charge in [0, 0.05) is 7.11 Å². The molecule has 0 aromatic carbocycles. The molecule has 0 radical (unpaired) electrons. The van der Waals surface area contributed by atoms with Gasteiger partial charge < -0.3 is 9.47 Å². The van der Waals surface area contributed by atoms with Gasteiger partial charge in [0.05, 0.1) is 11.5 Å². The van der Waals surface area contributed by atoms with E-state index < -0.39 is 29.4 Å². The van der Waals surface area contributed by atoms with Gasteiger partial charge in [0.1, 0.15) is 5.92 Å². The number of esters is 2. The van der Waals surface area contributed by atoms with E-state index in [1.165, 1.54) is 0 Å². The molecule has 110 valence electrons. The zero-order valence-corrected chi connectivity index (χ0v) is 13.3. The molecule has 3 atom stereocenters. The Bertz CT molecular complexity index is 386. The van der Waals surface area contributed by atoms with Crippen LogP contribution in [0, 0.1) is 22.7 Å². The number of carbonyl (C=O) groups is 2. The molecule has 19 heavy (non-hydrogen) atoms. The van der Waals surface area contributed by atoms with Crippen LogP contribution in [0.4, 0.5) is 0 Å². The highest BCUT2D eigenvalue weighted by Crippen LogP contribution is 2.50. The minimum Gasteiger partial charge on any atom is -0.393 e. The molecule has 0 aromatic rings. The Morgan fingerprint density at radius 3 is 1.63 bits per heavy atom. The van der Waals surface area contributed by atoms with Crippen molar-refractivity contribution in [2.75, 3.05) is 7.11 Å². The van der Waals surface area contributed by atoms with Crippen molar-refractivity contribution in [3.8, 4) is 0 Å². The second kappa shape index (κ2) is 4.58. The van der Waals surface area contributed by atoms with Gasteiger partial charge in [0.15, 0.2) is 0 Å². The van der Waals surface area contributed by atoms with Crippen molar-refractivity contribution in [1.82, 2.24) is 0 Å². The molecule has 0 bridgehead atoms. The molecule has 4 nitrogen and oxygen atoms in total. The largest absolute Gasteiger partial charge is 0.393 e. The molecule has 1 fully saturated rings. The summed E-state index contributed by atoms with van der Waals surface area (Å²) < 4.78 is 10.6. The van der Waals surface area contributed by atoms with E-state index in [0.717, 1.165) is 0 Å². The quantitative estimate of drug-likeness (QED) is 0.572. The summed E-state index contributed by atoms with van der Waals surface area (Å²) in [5.74, 6) is -1.96. The standard InChI is InChI=1S/C15H26O4/c1-13(2,3)9-10(12(17)19-11(9)16)15(7,18-8)14(4,5)6/h9-10H,1-8H3. The first-order valence-electron chi connectivity index (χ1n) is 6.67. The van der Waals surface area contributed by atoms with Crippen LogP contribution in [0.25, 0.3) is 0 Å². The summed E-state index contributed by atoms with van der Waals surface area (Å²) in [6, 6.07) is 0. The monoisotopic (exact) mass is 270 g/mol. The minimum atomic E-state index is -0.756. The maximum atomic E-state index is 12.2. The Kier molecular flexibility index (Phi) is 3.90. The highest BCUT2D eigenvalue weighted by atomic mass is 16.6. The summed E-state index contributed by atoms with van der Waals surface area (Å²) in [7, 11) is 1.58. The molecule has 1 aliphatic rings. The lowest BCUT2D eigenvalue weighted by atomic mass is 9.61. The minimum absolute atomic E-state index is 0.292. The number of cyclic esters (lactones) is 2. The highest BCUT2D eigenvalue weighted by molar-refractivity contribution is 5.97. The number of ether oxygens (including phenoxy) is 2. The molecule has 1 aliphatic heterocycles. The van der Waals surface area contributed by atoms with Gasteiger partial charge >= 0.3 is 11.9 Å². The van der Waals surface area contributed by atoms with Crippen LogP contribution in [0.1, 0.15) is 48.5 Å². The van der Waals surface area contributed by atoms with Crippen LogP contribution in [0.2, 0.25) is 0 Å². The third kappa shape index (κ3) is 2.55. The van der Waals surface area contributed by atoms with Gasteiger partial charge in [-0.1, -0.05) is 41.5 Å². The summed E-state index contributed by atoms with van der Waals surface area (Å²) >= 11 is 0. The molecule has 0 spiro atoms. The zero-order chi connectivity index (χ0) is 15.2. The van der Waals surface area contributed by atoms with E-state index in [2.05, 4.69) is 0 Å². The third-order valence-corrected chi connectivity index (χ3v) is 4.48. The summed E-state index contributed by atoms with van der Waals surface area (Å²) in [5, 5.41) is 0. The van der Waals surface area contributed by atoms with E-state index in [9.17, 15) is 9.59 Å². The van der Waals surface area contributed by atoms with Gasteiger partial charge in [-0.2, -0.15) is 0 Å². The van der Waals surface area contributed by atoms with E-state index in [0.29, 0.717) is 0 Å². The predicted octanol–water partition coefficient (Wildman–Crippen LogP) is 2.80. The van der Waals surface area contributed by atoms with E-state index >= 15 is 0 Å². The molecule has 0 saturated carbocycles. The maximum absolute atomic E-state index is 12.2. The van der Waals surface area contributed by atoms with Crippen LogP contribution in [-0.2, 0) is 19.1 Å². The summed E-state index contributed by atoms with van der Waals surface area (Å²) in [6.45, 7) is 13.7. The Morgan fingerprint density at radius 2 is 1.32 bits per heavy atom. The Labute approximate surface area is 115 Å². The fraction of sp³-hybridized carbons (Fsp3) is 0.867. The molecular formula is C15H26O4. The lowest BCUT2D eigenvalue weighted by Gasteiger charge is -2.46. The normalized spacial score (nSPS) is 28.2. The first-order chi connectivity index (χ1) is 8.36. The molecule has 0 aliphatic carbocycles. The van der Waals surface area contributed by atoms with E-state index in [1.807, 2.05) is 48.5 Å². The second-order valence-corrected chi connectivity index (χ2v) is 7.62. The highest BCUT2D eigenvalue weighted by Gasteiger charge is 2.61. The van der Waals surface area contributed by atoms with Crippen LogP contribution in [0.3, 0.4) is 0 Å². The average Bonchev–Trinajstić information content (AvgIpc) is 2.50. The van der Waals surface area contributed by atoms with Gasteiger partial charge in [0.2, 0.25) is 0 Å². The molecule has 0 amide bonds. The smallest absolute Gasteiger partial charge is 0.320 e. The van der Waals surface area contributed by atoms with Crippen molar-refractivity contribution >= 4 is 11.9 Å². The van der Waals surface area contributed by atoms with Gasteiger partial charge in [0.25, 0.3) is 0 Å². The van der Waals surface area contributed by atoms with E-state index in [-0.39, 0.29) is 10.8 Å². The van der Waals surface area contributed by atoms with Crippen LogP contribution in [-0.4, -0.2) is 24.6 Å². The van der Waals surface area contributed by atoms with Gasteiger partial charge in [-0.25, -0.2) is 0 Å². The van der Waals surface area contributed by atoms with Crippen LogP contribution in [0.5, 0.6) is 0 Å². The topological polar surface area (TPSA) is 52.6 Å². The number of rotatable bonds is 2. The molecular weight excluding hydrogens is 244 g/mol. The number of methoxy groups -OCH3 is 1. The van der Waals surface area contributed by atoms with Crippen LogP contribution < -0.4 is 0 Å². The SMILES string of the molecule is COC(C)(C1C(=O)OC(=O)C1C(C)(C)C)C(C)(C)C. The van der Waals surface area contributed by atoms with E-state index in [4.69, 9.17) is 9.47 Å². The fourth-order valence-electron chi connectivity index (χ4n) is 2.79. The predicted molar refractivity (Wildman–Crippen MR) is 72.4 cm³/mol. The lowest BCUT2D eigenvalue weighted by Crippen LogP contribution is -2.54. The van der Waals surface area contributed by atoms with E-state index in [1.54, 1.807) is 7.11 Å². The Balaban J connectivity index is 3.36. The van der Waals surface area contributed by atoms with Gasteiger partial charge in [-0.05, 0) is 17.8 Å². The maximum Gasteiger partial charge on any atom is 0.320 e. The van der Waals surface area contributed by atoms with Crippen molar-refractivity contribution in [3.05, 3.63) is 0 Å². The first-order valence-corrected chi connectivity index (χ1v) is 6.67. The van der Waals surface area contributed by atoms with Crippen molar-refractivity contribution < 1.29 is 19.1 Å². The fourth-order valence-corrected chi connectivity index (χ4v) is 2.79. The van der Waals surface area contributed by atoms with Crippen molar-refractivity contribution in [1.29, 1.82) is 0 Å². The number of hydrogen-bond acceptors (Lipinski definition) is 4.